The molecular formula is C24H21N5O3S. The molecule has 0 radical (unpaired) electrons. The highest BCUT2D eigenvalue weighted by atomic mass is 32.1. The van der Waals surface area contributed by atoms with Gasteiger partial charge in [-0.15, -0.1) is 11.3 Å². The maximum Gasteiger partial charge on any atom is 0.270 e. The molecule has 0 spiro atoms. The number of nitro benzene ring substituents is 1. The van der Waals surface area contributed by atoms with Gasteiger partial charge in [-0.1, -0.05) is 18.2 Å². The SMILES string of the molecule is CCOc1ccc(N=c2scc(-c3cccc([N+](=O)[O-])c3)n2/N=C(\C)c2ccccn2)cc1. The lowest BCUT2D eigenvalue weighted by molar-refractivity contribution is -0.384. The summed E-state index contributed by atoms with van der Waals surface area (Å²) >= 11 is 1.40. The van der Waals surface area contributed by atoms with E-state index in [-0.39, 0.29) is 5.69 Å². The summed E-state index contributed by atoms with van der Waals surface area (Å²) in [6.07, 6.45) is 1.71. The van der Waals surface area contributed by atoms with E-state index in [1.807, 2.05) is 67.8 Å². The van der Waals surface area contributed by atoms with E-state index in [1.54, 1.807) is 16.9 Å². The molecule has 4 aromatic rings. The second-order valence-corrected chi connectivity index (χ2v) is 7.80. The molecule has 0 atom stereocenters. The van der Waals surface area contributed by atoms with Gasteiger partial charge in [-0.05, 0) is 50.2 Å². The highest BCUT2D eigenvalue weighted by Crippen LogP contribution is 2.25. The molecule has 8 nitrogen and oxygen atoms in total. The minimum atomic E-state index is -0.409. The molecule has 0 saturated carbocycles. The van der Waals surface area contributed by atoms with E-state index in [1.165, 1.54) is 23.5 Å². The van der Waals surface area contributed by atoms with Crippen molar-refractivity contribution in [2.75, 3.05) is 6.61 Å². The summed E-state index contributed by atoms with van der Waals surface area (Å²) in [4.78, 5) is 20.6. The number of thiazole rings is 1. The van der Waals surface area contributed by atoms with E-state index in [0.717, 1.165) is 17.1 Å². The molecule has 0 unspecified atom stereocenters. The lowest BCUT2D eigenvalue weighted by Crippen LogP contribution is -2.14. The van der Waals surface area contributed by atoms with Gasteiger partial charge in [0.25, 0.3) is 5.69 Å². The molecule has 2 aromatic carbocycles. The highest BCUT2D eigenvalue weighted by molar-refractivity contribution is 7.07. The lowest BCUT2D eigenvalue weighted by atomic mass is 10.1. The van der Waals surface area contributed by atoms with Crippen molar-refractivity contribution < 1.29 is 9.66 Å². The smallest absolute Gasteiger partial charge is 0.270 e. The van der Waals surface area contributed by atoms with Crippen LogP contribution >= 0.6 is 11.3 Å². The molecule has 9 heteroatoms. The predicted octanol–water partition coefficient (Wildman–Crippen LogP) is 5.42. The van der Waals surface area contributed by atoms with Crippen LogP contribution in [0, 0.1) is 10.1 Å². The van der Waals surface area contributed by atoms with Gasteiger partial charge in [0.15, 0.2) is 0 Å². The zero-order chi connectivity index (χ0) is 23.2. The van der Waals surface area contributed by atoms with Crippen LogP contribution in [0.4, 0.5) is 11.4 Å². The number of non-ortho nitro benzene ring substituents is 1. The first-order chi connectivity index (χ1) is 16.0. The van der Waals surface area contributed by atoms with Crippen LogP contribution in [0.5, 0.6) is 5.75 Å². The Bertz CT molecular complexity index is 1360. The second kappa shape index (κ2) is 10.0. The number of benzene rings is 2. The van der Waals surface area contributed by atoms with Gasteiger partial charge in [0, 0.05) is 29.3 Å². The van der Waals surface area contributed by atoms with E-state index in [2.05, 4.69) is 4.98 Å². The van der Waals surface area contributed by atoms with Crippen LogP contribution in [-0.2, 0) is 0 Å². The number of hydrogen-bond donors (Lipinski definition) is 0. The number of pyridine rings is 1. The van der Waals surface area contributed by atoms with E-state index in [4.69, 9.17) is 14.8 Å². The quantitative estimate of drug-likeness (QED) is 0.209. The molecule has 0 aliphatic heterocycles. The average molecular weight is 460 g/mol. The van der Waals surface area contributed by atoms with Crippen LogP contribution in [0.3, 0.4) is 0 Å². The minimum Gasteiger partial charge on any atom is -0.494 e. The zero-order valence-electron chi connectivity index (χ0n) is 18.1. The molecule has 0 fully saturated rings. The Morgan fingerprint density at radius 3 is 2.67 bits per heavy atom. The minimum absolute atomic E-state index is 0.0145. The Morgan fingerprint density at radius 1 is 1.15 bits per heavy atom. The van der Waals surface area contributed by atoms with Crippen LogP contribution in [0.1, 0.15) is 19.5 Å². The van der Waals surface area contributed by atoms with Gasteiger partial charge in [-0.2, -0.15) is 5.10 Å². The molecule has 0 N–H and O–H groups in total. The third-order valence-corrected chi connectivity index (χ3v) is 5.51. The van der Waals surface area contributed by atoms with E-state index >= 15 is 0 Å². The van der Waals surface area contributed by atoms with Crippen LogP contribution in [0.15, 0.2) is 88.4 Å². The first-order valence-electron chi connectivity index (χ1n) is 10.2. The van der Waals surface area contributed by atoms with E-state index in [9.17, 15) is 10.1 Å². The van der Waals surface area contributed by atoms with Gasteiger partial charge in [0.2, 0.25) is 4.80 Å². The maximum absolute atomic E-state index is 11.3. The topological polar surface area (TPSA) is 94.9 Å². The number of ether oxygens (including phenoxy) is 1. The number of hydrogen-bond acceptors (Lipinski definition) is 7. The molecule has 0 aliphatic carbocycles. The summed E-state index contributed by atoms with van der Waals surface area (Å²) in [6, 6.07) is 19.6. The van der Waals surface area contributed by atoms with Crippen molar-refractivity contribution in [3.05, 3.63) is 98.9 Å². The molecule has 0 saturated heterocycles. The first-order valence-corrected chi connectivity index (χ1v) is 11.1. The third kappa shape index (κ3) is 5.21. The third-order valence-electron chi connectivity index (χ3n) is 4.70. The van der Waals surface area contributed by atoms with Gasteiger partial charge in [0.1, 0.15) is 5.75 Å². The normalized spacial score (nSPS) is 12.1. The maximum atomic E-state index is 11.3. The van der Waals surface area contributed by atoms with Gasteiger partial charge >= 0.3 is 0 Å². The lowest BCUT2D eigenvalue weighted by Gasteiger charge is -2.06. The Hall–Kier alpha value is -4.11. The van der Waals surface area contributed by atoms with Gasteiger partial charge in [-0.25, -0.2) is 9.67 Å². The van der Waals surface area contributed by atoms with Crippen LogP contribution in [0.2, 0.25) is 0 Å². The molecule has 166 valence electrons. The summed E-state index contributed by atoms with van der Waals surface area (Å²) in [5.74, 6) is 0.775. The molecule has 0 amide bonds. The summed E-state index contributed by atoms with van der Waals surface area (Å²) in [6.45, 7) is 4.39. The van der Waals surface area contributed by atoms with Crippen molar-refractivity contribution in [2.24, 2.45) is 10.1 Å². The van der Waals surface area contributed by atoms with Crippen molar-refractivity contribution in [1.82, 2.24) is 9.66 Å². The molecule has 33 heavy (non-hydrogen) atoms. The van der Waals surface area contributed by atoms with Gasteiger partial charge in [-0.3, -0.25) is 15.1 Å². The Kier molecular flexibility index (Phi) is 6.70. The number of nitro groups is 1. The summed E-state index contributed by atoms with van der Waals surface area (Å²) < 4.78 is 7.20. The molecule has 4 rings (SSSR count). The summed E-state index contributed by atoms with van der Waals surface area (Å²) in [5, 5.41) is 18.0. The largest absolute Gasteiger partial charge is 0.494 e. The Morgan fingerprint density at radius 2 is 1.97 bits per heavy atom. The highest BCUT2D eigenvalue weighted by Gasteiger charge is 2.13. The standard InChI is InChI=1S/C24H21N5O3S/c1-3-32-21-12-10-19(11-13-21)26-24-28(27-17(2)22-9-4-5-14-25-22)23(16-33-24)18-7-6-8-20(15-18)29(30)31/h4-16H,3H2,1-2H3/b26-24?,27-17+. The van der Waals surface area contributed by atoms with Crippen LogP contribution < -0.4 is 9.54 Å². The number of aromatic nitrogens is 2. The number of nitrogens with zero attached hydrogens (tertiary/aromatic N) is 5. The fourth-order valence-electron chi connectivity index (χ4n) is 3.12. The van der Waals surface area contributed by atoms with Crippen molar-refractivity contribution in [2.45, 2.75) is 13.8 Å². The Balaban J connectivity index is 1.85. The Labute approximate surface area is 194 Å². The monoisotopic (exact) mass is 459 g/mol. The van der Waals surface area contributed by atoms with Crippen molar-refractivity contribution in [3.63, 3.8) is 0 Å². The van der Waals surface area contributed by atoms with Crippen molar-refractivity contribution in [1.29, 1.82) is 0 Å². The fourth-order valence-corrected chi connectivity index (χ4v) is 3.97. The zero-order valence-corrected chi connectivity index (χ0v) is 18.9. The fraction of sp³-hybridized carbons (Fsp3) is 0.125. The van der Waals surface area contributed by atoms with E-state index in [0.29, 0.717) is 28.4 Å². The van der Waals surface area contributed by atoms with Crippen molar-refractivity contribution >= 4 is 28.4 Å². The summed E-state index contributed by atoms with van der Waals surface area (Å²) in [5.41, 5.74) is 3.54. The van der Waals surface area contributed by atoms with Crippen LogP contribution in [-0.4, -0.2) is 26.9 Å². The van der Waals surface area contributed by atoms with Gasteiger partial charge in [0.05, 0.1) is 34.3 Å². The first kappa shape index (κ1) is 22.1. The average Bonchev–Trinajstić information content (AvgIpc) is 3.23. The second-order valence-electron chi connectivity index (χ2n) is 6.96. The number of rotatable bonds is 7. The molecule has 0 bridgehead atoms. The predicted molar refractivity (Wildman–Crippen MR) is 129 cm³/mol. The molecule has 2 aromatic heterocycles. The van der Waals surface area contributed by atoms with Crippen LogP contribution in [0.25, 0.3) is 11.3 Å². The van der Waals surface area contributed by atoms with Crippen molar-refractivity contribution in [3.8, 4) is 17.0 Å². The molecule has 2 heterocycles. The van der Waals surface area contributed by atoms with E-state index < -0.39 is 4.92 Å². The van der Waals surface area contributed by atoms with Gasteiger partial charge < -0.3 is 4.74 Å². The molecular weight excluding hydrogens is 438 g/mol. The molecule has 0 aliphatic rings. The summed E-state index contributed by atoms with van der Waals surface area (Å²) in [7, 11) is 0.